The Bertz CT molecular complexity index is 933. The number of aromatic amines is 1. The molecule has 0 saturated carbocycles. The summed E-state index contributed by atoms with van der Waals surface area (Å²) in [4.78, 5) is 27.0. The molecule has 0 radical (unpaired) electrons. The van der Waals surface area contributed by atoms with Crippen LogP contribution in [0.15, 0.2) is 53.1 Å². The molecule has 1 heterocycles. The molecule has 0 atom stereocenters. The van der Waals surface area contributed by atoms with Crippen LogP contribution in [0.4, 0.5) is 5.69 Å². The van der Waals surface area contributed by atoms with Crippen LogP contribution in [0, 0.1) is 6.92 Å². The van der Waals surface area contributed by atoms with Crippen molar-refractivity contribution in [2.24, 2.45) is 0 Å². The van der Waals surface area contributed by atoms with Crippen molar-refractivity contribution in [1.29, 1.82) is 0 Å². The van der Waals surface area contributed by atoms with Gasteiger partial charge in [0.2, 0.25) is 0 Å². The number of hydrogen-bond donors (Lipinski definition) is 2. The second-order valence-electron chi connectivity index (χ2n) is 5.71. The Morgan fingerprint density at radius 1 is 1.20 bits per heavy atom. The van der Waals surface area contributed by atoms with Crippen molar-refractivity contribution in [2.45, 2.75) is 13.3 Å². The van der Waals surface area contributed by atoms with Crippen LogP contribution in [-0.2, 0) is 20.7 Å². The van der Waals surface area contributed by atoms with Gasteiger partial charge in [0.25, 0.3) is 5.91 Å². The first-order valence-corrected chi connectivity index (χ1v) is 8.59. The number of aromatic nitrogens is 1. The average Bonchev–Trinajstić information content (AvgIpc) is 2.99. The van der Waals surface area contributed by atoms with E-state index in [1.165, 1.54) is 0 Å². The molecule has 1 aromatic heterocycles. The Morgan fingerprint density at radius 3 is 2.80 bits per heavy atom. The van der Waals surface area contributed by atoms with Crippen molar-refractivity contribution in [3.8, 4) is 0 Å². The highest BCUT2D eigenvalue weighted by atomic mass is 79.9. The van der Waals surface area contributed by atoms with Crippen molar-refractivity contribution in [2.75, 3.05) is 11.9 Å². The summed E-state index contributed by atoms with van der Waals surface area (Å²) in [6.45, 7) is 1.65. The molecule has 3 rings (SSSR count). The number of fused-ring (bicyclic) bond motifs is 1. The first kappa shape index (κ1) is 17.2. The minimum absolute atomic E-state index is 0.118. The van der Waals surface area contributed by atoms with Gasteiger partial charge in [0.05, 0.1) is 6.42 Å². The molecule has 3 aromatic rings. The highest BCUT2D eigenvalue weighted by molar-refractivity contribution is 9.10. The van der Waals surface area contributed by atoms with Gasteiger partial charge in [-0.25, -0.2) is 0 Å². The van der Waals surface area contributed by atoms with Crippen molar-refractivity contribution >= 4 is 44.4 Å². The third kappa shape index (κ3) is 4.28. The van der Waals surface area contributed by atoms with E-state index >= 15 is 0 Å². The maximum absolute atomic E-state index is 12.0. The molecule has 0 fully saturated rings. The monoisotopic (exact) mass is 400 g/mol. The SMILES string of the molecule is Cc1ccc(NC(=O)COC(=O)Cc2c[nH]c3ccccc23)cc1Br. The molecule has 0 aliphatic carbocycles. The molecule has 0 bridgehead atoms. The van der Waals surface area contributed by atoms with Gasteiger partial charge in [-0.15, -0.1) is 0 Å². The number of benzene rings is 2. The first-order chi connectivity index (χ1) is 12.0. The van der Waals surface area contributed by atoms with E-state index in [0.29, 0.717) is 5.69 Å². The third-order valence-electron chi connectivity index (χ3n) is 3.83. The lowest BCUT2D eigenvalue weighted by Crippen LogP contribution is -2.21. The number of para-hydroxylation sites is 1. The van der Waals surface area contributed by atoms with Crippen LogP contribution in [0.2, 0.25) is 0 Å². The van der Waals surface area contributed by atoms with E-state index in [1.807, 2.05) is 37.3 Å². The summed E-state index contributed by atoms with van der Waals surface area (Å²) in [5.74, 6) is -0.812. The first-order valence-electron chi connectivity index (χ1n) is 7.79. The number of nitrogens with one attached hydrogen (secondary N) is 2. The summed E-state index contributed by atoms with van der Waals surface area (Å²) in [6.07, 6.45) is 1.91. The van der Waals surface area contributed by atoms with Gasteiger partial charge in [0, 0.05) is 27.3 Å². The number of ether oxygens (including phenoxy) is 1. The van der Waals surface area contributed by atoms with E-state index in [0.717, 1.165) is 26.5 Å². The van der Waals surface area contributed by atoms with Crippen LogP contribution >= 0.6 is 15.9 Å². The zero-order valence-corrected chi connectivity index (χ0v) is 15.2. The van der Waals surface area contributed by atoms with E-state index in [2.05, 4.69) is 26.2 Å². The van der Waals surface area contributed by atoms with E-state index in [9.17, 15) is 9.59 Å². The molecule has 0 aliphatic rings. The summed E-state index contributed by atoms with van der Waals surface area (Å²) < 4.78 is 5.98. The van der Waals surface area contributed by atoms with Gasteiger partial charge in [-0.2, -0.15) is 0 Å². The van der Waals surface area contributed by atoms with Gasteiger partial charge in [-0.3, -0.25) is 9.59 Å². The van der Waals surface area contributed by atoms with Crippen LogP contribution in [0.3, 0.4) is 0 Å². The molecule has 0 saturated heterocycles. The predicted octanol–water partition coefficient (Wildman–Crippen LogP) is 3.96. The summed E-state index contributed by atoms with van der Waals surface area (Å²) in [5, 5.41) is 3.68. The number of rotatable bonds is 5. The quantitative estimate of drug-likeness (QED) is 0.636. The molecule has 0 aliphatic heterocycles. The predicted molar refractivity (Wildman–Crippen MR) is 100 cm³/mol. The minimum atomic E-state index is -0.440. The van der Waals surface area contributed by atoms with Gasteiger partial charge >= 0.3 is 5.97 Å². The molecular formula is C19H17BrN2O3. The molecule has 25 heavy (non-hydrogen) atoms. The Hall–Kier alpha value is -2.60. The smallest absolute Gasteiger partial charge is 0.310 e. The number of hydrogen-bond acceptors (Lipinski definition) is 3. The normalized spacial score (nSPS) is 10.6. The zero-order valence-electron chi connectivity index (χ0n) is 13.6. The largest absolute Gasteiger partial charge is 0.455 e. The van der Waals surface area contributed by atoms with Gasteiger partial charge < -0.3 is 15.0 Å². The number of amides is 1. The van der Waals surface area contributed by atoms with Gasteiger partial charge in [-0.05, 0) is 36.2 Å². The Morgan fingerprint density at radius 2 is 2.00 bits per heavy atom. The standard InChI is InChI=1S/C19H17BrN2O3/c1-12-6-7-14(9-16(12)20)22-18(23)11-25-19(24)8-13-10-21-17-5-3-2-4-15(13)17/h2-7,9-10,21H,8,11H2,1H3,(H,22,23). The van der Waals surface area contributed by atoms with E-state index in [1.54, 1.807) is 18.3 Å². The Labute approximate surface area is 153 Å². The second-order valence-corrected chi connectivity index (χ2v) is 6.56. The van der Waals surface area contributed by atoms with Crippen LogP contribution in [0.5, 0.6) is 0 Å². The zero-order chi connectivity index (χ0) is 17.8. The van der Waals surface area contributed by atoms with Crippen molar-refractivity contribution in [1.82, 2.24) is 4.98 Å². The molecule has 2 N–H and O–H groups in total. The lowest BCUT2D eigenvalue weighted by atomic mass is 10.1. The Kier molecular flexibility index (Phi) is 5.19. The molecular weight excluding hydrogens is 384 g/mol. The van der Waals surface area contributed by atoms with E-state index in [-0.39, 0.29) is 18.9 Å². The third-order valence-corrected chi connectivity index (χ3v) is 4.68. The number of carbonyl (C=O) groups excluding carboxylic acids is 2. The Balaban J connectivity index is 1.53. The average molecular weight is 401 g/mol. The second kappa shape index (κ2) is 7.53. The fraction of sp³-hybridized carbons (Fsp3) is 0.158. The lowest BCUT2D eigenvalue weighted by molar-refractivity contribution is -0.146. The van der Waals surface area contributed by atoms with Crippen molar-refractivity contribution < 1.29 is 14.3 Å². The lowest BCUT2D eigenvalue weighted by Gasteiger charge is -2.08. The van der Waals surface area contributed by atoms with Crippen LogP contribution in [-0.4, -0.2) is 23.5 Å². The topological polar surface area (TPSA) is 71.2 Å². The molecule has 2 aromatic carbocycles. The summed E-state index contributed by atoms with van der Waals surface area (Å²) in [6, 6.07) is 13.2. The van der Waals surface area contributed by atoms with E-state index in [4.69, 9.17) is 4.74 Å². The number of anilines is 1. The van der Waals surface area contributed by atoms with Crippen molar-refractivity contribution in [3.63, 3.8) is 0 Å². The molecule has 5 nitrogen and oxygen atoms in total. The molecule has 6 heteroatoms. The van der Waals surface area contributed by atoms with Gasteiger partial charge in [0.15, 0.2) is 6.61 Å². The fourth-order valence-corrected chi connectivity index (χ4v) is 2.88. The molecule has 0 unspecified atom stereocenters. The maximum Gasteiger partial charge on any atom is 0.310 e. The number of esters is 1. The van der Waals surface area contributed by atoms with E-state index < -0.39 is 5.97 Å². The fourth-order valence-electron chi connectivity index (χ4n) is 2.50. The number of H-pyrrole nitrogens is 1. The highest BCUT2D eigenvalue weighted by Gasteiger charge is 2.12. The van der Waals surface area contributed by atoms with Gasteiger partial charge in [0.1, 0.15) is 0 Å². The van der Waals surface area contributed by atoms with Crippen molar-refractivity contribution in [3.05, 3.63) is 64.3 Å². The highest BCUT2D eigenvalue weighted by Crippen LogP contribution is 2.21. The molecule has 1 amide bonds. The summed E-state index contributed by atoms with van der Waals surface area (Å²) in [5.41, 5.74) is 3.54. The summed E-state index contributed by atoms with van der Waals surface area (Å²) in [7, 11) is 0. The summed E-state index contributed by atoms with van der Waals surface area (Å²) >= 11 is 3.41. The number of aryl methyl sites for hydroxylation is 1. The minimum Gasteiger partial charge on any atom is -0.455 e. The van der Waals surface area contributed by atoms with Gasteiger partial charge in [-0.1, -0.05) is 40.2 Å². The number of halogens is 1. The van der Waals surface area contributed by atoms with Crippen LogP contribution in [0.25, 0.3) is 10.9 Å². The molecule has 128 valence electrons. The van der Waals surface area contributed by atoms with Crippen LogP contribution in [0.1, 0.15) is 11.1 Å². The van der Waals surface area contributed by atoms with Crippen LogP contribution < -0.4 is 5.32 Å². The maximum atomic E-state index is 12.0. The number of carbonyl (C=O) groups is 2. The molecule has 0 spiro atoms.